The Kier molecular flexibility index (Phi) is 5.27. The molecule has 2 aliphatic rings. The monoisotopic (exact) mass is 346 g/mol. The SMILES string of the molecule is Cc1cc(C)nc(N2CCC(C(=O)NC3CCOC(C)(C)C3)CC2)n1. The minimum atomic E-state index is -0.139. The van der Waals surface area contributed by atoms with E-state index in [-0.39, 0.29) is 23.5 Å². The molecule has 3 rings (SSSR count). The number of hydrogen-bond acceptors (Lipinski definition) is 5. The van der Waals surface area contributed by atoms with E-state index in [1.807, 2.05) is 19.9 Å². The lowest BCUT2D eigenvalue weighted by Crippen LogP contribution is -2.49. The maximum absolute atomic E-state index is 12.6. The molecule has 1 atom stereocenters. The molecular weight excluding hydrogens is 316 g/mol. The Hall–Kier alpha value is -1.69. The van der Waals surface area contributed by atoms with Crippen molar-refractivity contribution in [1.82, 2.24) is 15.3 Å². The third-order valence-electron chi connectivity index (χ3n) is 5.16. The summed E-state index contributed by atoms with van der Waals surface area (Å²) in [5, 5.41) is 3.25. The maximum atomic E-state index is 12.6. The number of anilines is 1. The number of carbonyl (C=O) groups is 1. The number of nitrogens with zero attached hydrogens (tertiary/aromatic N) is 3. The molecule has 1 N–H and O–H groups in total. The van der Waals surface area contributed by atoms with Crippen molar-refractivity contribution in [3.05, 3.63) is 17.5 Å². The molecule has 0 bridgehead atoms. The van der Waals surface area contributed by atoms with Gasteiger partial charge >= 0.3 is 0 Å². The highest BCUT2D eigenvalue weighted by Crippen LogP contribution is 2.26. The first-order valence-corrected chi connectivity index (χ1v) is 9.34. The first kappa shape index (κ1) is 18.1. The Morgan fingerprint density at radius 3 is 2.44 bits per heavy atom. The van der Waals surface area contributed by atoms with Gasteiger partial charge in [0.15, 0.2) is 0 Å². The zero-order valence-corrected chi connectivity index (χ0v) is 15.8. The van der Waals surface area contributed by atoms with Gasteiger partial charge in [0.25, 0.3) is 0 Å². The topological polar surface area (TPSA) is 67.4 Å². The summed E-state index contributed by atoms with van der Waals surface area (Å²) in [6.07, 6.45) is 3.50. The van der Waals surface area contributed by atoms with Crippen LogP contribution >= 0.6 is 0 Å². The molecule has 1 amide bonds. The van der Waals surface area contributed by atoms with Gasteiger partial charge < -0.3 is 15.0 Å². The summed E-state index contributed by atoms with van der Waals surface area (Å²) in [4.78, 5) is 23.9. The highest BCUT2D eigenvalue weighted by Gasteiger charge is 2.32. The lowest BCUT2D eigenvalue weighted by molar-refractivity contribution is -0.128. The average molecular weight is 346 g/mol. The van der Waals surface area contributed by atoms with Crippen LogP contribution in [0.3, 0.4) is 0 Å². The fraction of sp³-hybridized carbons (Fsp3) is 0.737. The normalized spacial score (nSPS) is 24.2. The van der Waals surface area contributed by atoms with Crippen LogP contribution in [0.15, 0.2) is 6.07 Å². The highest BCUT2D eigenvalue weighted by molar-refractivity contribution is 5.79. The molecule has 1 aromatic rings. The van der Waals surface area contributed by atoms with Crippen molar-refractivity contribution in [2.24, 2.45) is 5.92 Å². The summed E-state index contributed by atoms with van der Waals surface area (Å²) in [6, 6.07) is 2.22. The van der Waals surface area contributed by atoms with Crippen molar-refractivity contribution < 1.29 is 9.53 Å². The summed E-state index contributed by atoms with van der Waals surface area (Å²) < 4.78 is 5.73. The summed E-state index contributed by atoms with van der Waals surface area (Å²) in [6.45, 7) is 10.6. The molecule has 2 aliphatic heterocycles. The van der Waals surface area contributed by atoms with E-state index in [2.05, 4.69) is 34.0 Å². The minimum absolute atomic E-state index is 0.0908. The smallest absolute Gasteiger partial charge is 0.225 e. The molecule has 6 heteroatoms. The van der Waals surface area contributed by atoms with Crippen LogP contribution in [0.1, 0.15) is 50.9 Å². The number of rotatable bonds is 3. The zero-order valence-electron chi connectivity index (χ0n) is 15.8. The van der Waals surface area contributed by atoms with Gasteiger partial charge in [0.2, 0.25) is 11.9 Å². The molecule has 0 radical (unpaired) electrons. The van der Waals surface area contributed by atoms with Crippen molar-refractivity contribution in [2.45, 2.75) is 65.0 Å². The van der Waals surface area contributed by atoms with Crippen molar-refractivity contribution in [3.63, 3.8) is 0 Å². The Morgan fingerprint density at radius 1 is 1.20 bits per heavy atom. The van der Waals surface area contributed by atoms with Gasteiger partial charge in [0.05, 0.1) is 5.60 Å². The lowest BCUT2D eigenvalue weighted by Gasteiger charge is -2.37. The summed E-state index contributed by atoms with van der Waals surface area (Å²) >= 11 is 0. The van der Waals surface area contributed by atoms with E-state index in [0.717, 1.165) is 62.7 Å². The van der Waals surface area contributed by atoms with E-state index in [1.54, 1.807) is 0 Å². The molecule has 138 valence electrons. The van der Waals surface area contributed by atoms with Gasteiger partial charge in [0, 0.05) is 43.0 Å². The summed E-state index contributed by atoms with van der Waals surface area (Å²) in [5.74, 6) is 1.08. The van der Waals surface area contributed by atoms with Gasteiger partial charge in [-0.3, -0.25) is 4.79 Å². The molecule has 3 heterocycles. The number of carbonyl (C=O) groups excluding carboxylic acids is 1. The third kappa shape index (κ3) is 4.69. The second-order valence-electron chi connectivity index (χ2n) is 8.02. The fourth-order valence-corrected chi connectivity index (χ4v) is 3.86. The van der Waals surface area contributed by atoms with Gasteiger partial charge in [-0.05, 0) is 59.4 Å². The van der Waals surface area contributed by atoms with Gasteiger partial charge in [-0.25, -0.2) is 9.97 Å². The quantitative estimate of drug-likeness (QED) is 0.910. The Morgan fingerprint density at radius 2 is 1.84 bits per heavy atom. The second kappa shape index (κ2) is 7.28. The zero-order chi connectivity index (χ0) is 18.0. The number of hydrogen-bond donors (Lipinski definition) is 1. The number of nitrogens with one attached hydrogen (secondary N) is 1. The van der Waals surface area contributed by atoms with Crippen LogP contribution in [-0.2, 0) is 9.53 Å². The highest BCUT2D eigenvalue weighted by atomic mass is 16.5. The fourth-order valence-electron chi connectivity index (χ4n) is 3.86. The van der Waals surface area contributed by atoms with E-state index in [1.165, 1.54) is 0 Å². The van der Waals surface area contributed by atoms with Crippen molar-refractivity contribution in [3.8, 4) is 0 Å². The van der Waals surface area contributed by atoms with Gasteiger partial charge in [0.1, 0.15) is 0 Å². The van der Waals surface area contributed by atoms with E-state index in [9.17, 15) is 4.79 Å². The molecule has 6 nitrogen and oxygen atoms in total. The number of aryl methyl sites for hydroxylation is 2. The number of piperidine rings is 1. The Labute approximate surface area is 150 Å². The van der Waals surface area contributed by atoms with Crippen LogP contribution in [0, 0.1) is 19.8 Å². The van der Waals surface area contributed by atoms with E-state index in [0.29, 0.717) is 0 Å². The number of aromatic nitrogens is 2. The van der Waals surface area contributed by atoms with Crippen LogP contribution in [0.5, 0.6) is 0 Å². The molecule has 0 spiro atoms. The van der Waals surface area contributed by atoms with Gasteiger partial charge in [-0.1, -0.05) is 0 Å². The molecule has 0 aromatic carbocycles. The van der Waals surface area contributed by atoms with E-state index < -0.39 is 0 Å². The van der Waals surface area contributed by atoms with Crippen LogP contribution < -0.4 is 10.2 Å². The molecular formula is C19H30N4O2. The molecule has 2 fully saturated rings. The lowest BCUT2D eigenvalue weighted by atomic mass is 9.91. The number of ether oxygens (including phenoxy) is 1. The summed E-state index contributed by atoms with van der Waals surface area (Å²) in [5.41, 5.74) is 1.84. The summed E-state index contributed by atoms with van der Waals surface area (Å²) in [7, 11) is 0. The molecule has 2 saturated heterocycles. The van der Waals surface area contributed by atoms with Crippen molar-refractivity contribution in [1.29, 1.82) is 0 Å². The molecule has 0 saturated carbocycles. The van der Waals surface area contributed by atoms with Gasteiger partial charge in [-0.2, -0.15) is 0 Å². The maximum Gasteiger partial charge on any atom is 0.225 e. The third-order valence-corrected chi connectivity index (χ3v) is 5.16. The Balaban J connectivity index is 1.52. The molecule has 0 aliphatic carbocycles. The van der Waals surface area contributed by atoms with Crippen LogP contribution in [0.25, 0.3) is 0 Å². The predicted molar refractivity (Wildman–Crippen MR) is 97.6 cm³/mol. The minimum Gasteiger partial charge on any atom is -0.375 e. The van der Waals surface area contributed by atoms with E-state index in [4.69, 9.17) is 4.74 Å². The standard InChI is InChI=1S/C19H30N4O2/c1-13-11-14(2)21-18(20-13)23-8-5-15(6-9-23)17(24)22-16-7-10-25-19(3,4)12-16/h11,15-16H,5-10,12H2,1-4H3,(H,22,24). The number of amides is 1. The van der Waals surface area contributed by atoms with Crippen molar-refractivity contribution >= 4 is 11.9 Å². The van der Waals surface area contributed by atoms with Gasteiger partial charge in [-0.15, -0.1) is 0 Å². The van der Waals surface area contributed by atoms with Crippen LogP contribution in [-0.4, -0.2) is 47.2 Å². The molecule has 1 unspecified atom stereocenters. The first-order valence-electron chi connectivity index (χ1n) is 9.34. The Bertz CT molecular complexity index is 604. The van der Waals surface area contributed by atoms with Crippen LogP contribution in [0.4, 0.5) is 5.95 Å². The first-order chi connectivity index (χ1) is 11.8. The van der Waals surface area contributed by atoms with E-state index >= 15 is 0 Å². The second-order valence-corrected chi connectivity index (χ2v) is 8.02. The van der Waals surface area contributed by atoms with Crippen molar-refractivity contribution in [2.75, 3.05) is 24.6 Å². The predicted octanol–water partition coefficient (Wildman–Crippen LogP) is 2.38. The average Bonchev–Trinajstić information content (AvgIpc) is 2.53. The molecule has 25 heavy (non-hydrogen) atoms. The molecule has 1 aromatic heterocycles. The largest absolute Gasteiger partial charge is 0.375 e. The van der Waals surface area contributed by atoms with Crippen LogP contribution in [0.2, 0.25) is 0 Å².